The molecule has 0 spiro atoms. The van der Waals surface area contributed by atoms with Gasteiger partial charge in [-0.1, -0.05) is 19.1 Å². The molecule has 0 radical (unpaired) electrons. The van der Waals surface area contributed by atoms with E-state index >= 15 is 0 Å². The average molecular weight is 973 g/mol. The van der Waals surface area contributed by atoms with Gasteiger partial charge in [-0.25, -0.2) is 9.98 Å². The summed E-state index contributed by atoms with van der Waals surface area (Å²) in [5.41, 5.74) is 16.2. The Bertz CT molecular complexity index is 3020. The van der Waals surface area contributed by atoms with E-state index in [-0.39, 0.29) is 66.4 Å². The van der Waals surface area contributed by atoms with Crippen molar-refractivity contribution in [3.8, 4) is 11.5 Å². The van der Waals surface area contributed by atoms with Gasteiger partial charge in [-0.15, -0.1) is 0 Å². The molecule has 7 unspecified atom stereocenters. The van der Waals surface area contributed by atoms with Crippen LogP contribution in [0.1, 0.15) is 88.4 Å². The molecule has 10 rings (SSSR count). The van der Waals surface area contributed by atoms with E-state index in [1.165, 1.54) is 0 Å². The summed E-state index contributed by atoms with van der Waals surface area (Å²) < 4.78 is 22.7. The van der Waals surface area contributed by atoms with Gasteiger partial charge in [0.2, 0.25) is 23.5 Å². The Balaban J connectivity index is 1.04. The van der Waals surface area contributed by atoms with Crippen LogP contribution in [0, 0.1) is 18.8 Å². The maximum atomic E-state index is 14.2. The Morgan fingerprint density at radius 2 is 1.70 bits per heavy atom. The number of aliphatic imine (C=N–C) groups is 2. The lowest BCUT2D eigenvalue weighted by Crippen LogP contribution is -2.70. The highest BCUT2D eigenvalue weighted by Gasteiger charge is 2.67. The SMILES string of the molecule is CCC1CN=C(C)C=C1C(=O)NC1=Nc2cc(C(N)=O)cc3c2C1C/C=C/Cn1c(NC(=O)c2cc(C)nn2CC)nc2cc(C(N)=O)cc(c21)OCC(N1CCC2C(C1)NC2OC1C(=O)C1(O)O)CO3. The van der Waals surface area contributed by atoms with Gasteiger partial charge in [-0.2, -0.15) is 5.10 Å². The minimum absolute atomic E-state index is 0.00418. The van der Waals surface area contributed by atoms with Gasteiger partial charge in [0.1, 0.15) is 48.0 Å². The van der Waals surface area contributed by atoms with E-state index < -0.39 is 53.6 Å². The standard InChI is InChI=1S/C49H56N12O10/c1-5-25-19-52-23(3)13-31(25)45(65)56-44-30-9-7-8-11-60-39-33(55-48(60)57-46(66)35-14-24(4)58-61(35)6-2)16-27(43(51)64)18-37(39)70-22-28(21-69-36-17-26(42(50)63)15-32(53-44)38(30)36)59-12-10-29-34(20-59)54-47(29)71-41-40(62)49(41,67)68/h7-8,13-18,25,28-30,34,41,47,54,67-68H,5-6,9-12,19-22H2,1-4H3,(H2,50,63)(H2,51,64)(H,53,56,65)(H,55,57,66)/b8-7+. The lowest BCUT2D eigenvalue weighted by atomic mass is 9.82. The molecule has 2 aromatic heterocycles. The number of nitrogens with zero attached hydrogens (tertiary/aromatic N) is 7. The molecule has 22 nitrogen and oxygen atoms in total. The molecule has 9 N–H and O–H groups in total. The van der Waals surface area contributed by atoms with Gasteiger partial charge in [0.15, 0.2) is 6.10 Å². The minimum atomic E-state index is -2.48. The van der Waals surface area contributed by atoms with Crippen LogP contribution in [0.25, 0.3) is 11.0 Å². The predicted octanol–water partition coefficient (Wildman–Crippen LogP) is 1.74. The first-order valence-corrected chi connectivity index (χ1v) is 23.9. The number of hydrogen-bond acceptors (Lipinski definition) is 16. The molecule has 4 aromatic rings. The van der Waals surface area contributed by atoms with Crippen molar-refractivity contribution in [2.45, 2.75) is 96.2 Å². The summed E-state index contributed by atoms with van der Waals surface area (Å²) in [6.07, 6.45) is 5.38. The van der Waals surface area contributed by atoms with E-state index in [0.29, 0.717) is 96.3 Å². The zero-order valence-corrected chi connectivity index (χ0v) is 39.7. The van der Waals surface area contributed by atoms with Gasteiger partial charge in [0.25, 0.3) is 17.6 Å². The average Bonchev–Trinajstić information content (AvgIpc) is 3.76. The first-order valence-electron chi connectivity index (χ1n) is 23.9. The van der Waals surface area contributed by atoms with Crippen molar-refractivity contribution >= 4 is 63.6 Å². The Labute approximate surface area is 407 Å². The number of allylic oxidation sites excluding steroid dienone is 3. The number of dihydropyridines is 1. The number of aromatic nitrogens is 4. The molecule has 7 atom stereocenters. The Morgan fingerprint density at radius 1 is 0.972 bits per heavy atom. The van der Waals surface area contributed by atoms with Crippen LogP contribution in [0.4, 0.5) is 11.6 Å². The lowest BCUT2D eigenvalue weighted by molar-refractivity contribution is -0.173. The Hall–Kier alpha value is -7.11. The highest BCUT2D eigenvalue weighted by molar-refractivity contribution is 6.14. The fraction of sp³-hybridized carbons (Fsp3) is 0.449. The van der Waals surface area contributed by atoms with Gasteiger partial charge >= 0.3 is 0 Å². The number of amidine groups is 1. The predicted molar refractivity (Wildman–Crippen MR) is 258 cm³/mol. The molecule has 22 heteroatoms. The second-order valence-corrected chi connectivity index (χ2v) is 18.9. The molecular weight excluding hydrogens is 917 g/mol. The van der Waals surface area contributed by atoms with Crippen LogP contribution in [0.15, 0.2) is 64.1 Å². The molecule has 5 aliphatic heterocycles. The quantitative estimate of drug-likeness (QED) is 0.0880. The van der Waals surface area contributed by atoms with Gasteiger partial charge in [0.05, 0.1) is 28.9 Å². The highest BCUT2D eigenvalue weighted by atomic mass is 16.6. The second-order valence-electron chi connectivity index (χ2n) is 18.9. The number of hydrogen-bond donors (Lipinski definition) is 7. The zero-order valence-electron chi connectivity index (χ0n) is 39.7. The number of carbonyl (C=O) groups is 5. The molecule has 71 heavy (non-hydrogen) atoms. The van der Waals surface area contributed by atoms with Crippen LogP contribution in [0.3, 0.4) is 0 Å². The smallest absolute Gasteiger partial charge is 0.276 e. The van der Waals surface area contributed by atoms with Crippen LogP contribution < -0.4 is 36.9 Å². The Morgan fingerprint density at radius 3 is 2.41 bits per heavy atom. The molecule has 6 aliphatic rings. The molecule has 4 amide bonds. The minimum Gasteiger partial charge on any atom is -0.491 e. The van der Waals surface area contributed by atoms with Crippen molar-refractivity contribution in [1.29, 1.82) is 0 Å². The number of amides is 4. The number of aryl methyl sites for hydroxylation is 2. The topological polar surface area (TPSA) is 305 Å². The summed E-state index contributed by atoms with van der Waals surface area (Å²) in [6.45, 7) is 9.65. The van der Waals surface area contributed by atoms with Crippen molar-refractivity contribution < 1.29 is 48.4 Å². The number of rotatable bonds is 10. The number of aliphatic hydroxyl groups is 2. The number of primary amides is 2. The molecule has 0 bridgehead atoms. The second kappa shape index (κ2) is 18.6. The first kappa shape index (κ1) is 47.6. The van der Waals surface area contributed by atoms with Gasteiger partial charge in [-0.05, 0) is 83.0 Å². The molecular formula is C49H56N12O10. The van der Waals surface area contributed by atoms with E-state index in [0.717, 1.165) is 5.71 Å². The van der Waals surface area contributed by atoms with Crippen LogP contribution >= 0.6 is 0 Å². The van der Waals surface area contributed by atoms with E-state index in [9.17, 15) is 34.2 Å². The van der Waals surface area contributed by atoms with E-state index in [4.69, 9.17) is 35.7 Å². The van der Waals surface area contributed by atoms with Crippen molar-refractivity contribution in [2.24, 2.45) is 33.3 Å². The zero-order chi connectivity index (χ0) is 50.0. The maximum absolute atomic E-state index is 14.2. The van der Waals surface area contributed by atoms with Crippen LogP contribution in [0.2, 0.25) is 0 Å². The molecule has 3 fully saturated rings. The van der Waals surface area contributed by atoms with E-state index in [1.54, 1.807) is 52.6 Å². The summed E-state index contributed by atoms with van der Waals surface area (Å²) in [5.74, 6) is -5.00. The highest BCUT2D eigenvalue weighted by Crippen LogP contribution is 2.45. The number of nitrogens with two attached hydrogens (primary N) is 2. The number of piperidine rings is 1. The van der Waals surface area contributed by atoms with E-state index in [1.807, 2.05) is 32.9 Å². The summed E-state index contributed by atoms with van der Waals surface area (Å²) >= 11 is 0. The van der Waals surface area contributed by atoms with Crippen LogP contribution in [-0.2, 0) is 27.4 Å². The number of imidazole rings is 1. The molecule has 2 saturated heterocycles. The number of benzene rings is 2. The van der Waals surface area contributed by atoms with Gasteiger partial charge < -0.3 is 45.8 Å². The van der Waals surface area contributed by atoms with Crippen molar-refractivity contribution in [2.75, 3.05) is 38.2 Å². The number of carbonyl (C=O) groups excluding carboxylic acids is 5. The van der Waals surface area contributed by atoms with Crippen molar-refractivity contribution in [3.63, 3.8) is 0 Å². The summed E-state index contributed by atoms with van der Waals surface area (Å²) in [5, 5.41) is 33.6. The first-order chi connectivity index (χ1) is 34.0. The third-order valence-corrected chi connectivity index (χ3v) is 14.3. The number of ketones is 1. The lowest BCUT2D eigenvalue weighted by Gasteiger charge is -2.52. The number of fused-ring (bicyclic) bond motifs is 1. The van der Waals surface area contributed by atoms with Crippen LogP contribution in [0.5, 0.6) is 11.5 Å². The largest absolute Gasteiger partial charge is 0.491 e. The van der Waals surface area contributed by atoms with Gasteiger partial charge in [0, 0.05) is 72.0 Å². The summed E-state index contributed by atoms with van der Waals surface area (Å²) in [6, 6.07) is 7.36. The van der Waals surface area contributed by atoms with Crippen LogP contribution in [-0.4, -0.2) is 138 Å². The molecule has 1 aliphatic carbocycles. The fourth-order valence-electron chi connectivity index (χ4n) is 10.3. The maximum Gasteiger partial charge on any atom is 0.276 e. The summed E-state index contributed by atoms with van der Waals surface area (Å²) in [4.78, 5) is 82.3. The monoisotopic (exact) mass is 972 g/mol. The third kappa shape index (κ3) is 8.90. The van der Waals surface area contributed by atoms with Gasteiger partial charge in [-0.3, -0.25) is 49.2 Å². The third-order valence-electron chi connectivity index (χ3n) is 14.3. The molecule has 7 heterocycles. The number of nitrogens with one attached hydrogen (secondary N) is 3. The molecule has 372 valence electrons. The fourth-order valence-corrected chi connectivity index (χ4v) is 10.3. The molecule has 1 saturated carbocycles. The Kier molecular flexibility index (Phi) is 12.4. The summed E-state index contributed by atoms with van der Waals surface area (Å²) in [7, 11) is 0. The number of Topliss-reactive ketones (excluding diaryl/α,β-unsaturated/α-hetero) is 1. The van der Waals surface area contributed by atoms with Crippen molar-refractivity contribution in [1.82, 2.24) is 34.9 Å². The normalized spacial score (nSPS) is 26.1. The van der Waals surface area contributed by atoms with E-state index in [2.05, 4.69) is 30.9 Å². The molecule has 2 aromatic carbocycles. The number of ether oxygens (including phenoxy) is 3. The number of anilines is 1. The number of likely N-dealkylation sites (tertiary alicyclic amines) is 1. The van der Waals surface area contributed by atoms with Crippen molar-refractivity contribution in [3.05, 3.63) is 82.2 Å².